The number of aromatic nitrogens is 2. The monoisotopic (exact) mass is 389 g/mol. The Hall–Kier alpha value is -2.09. The maximum absolute atomic E-state index is 12.7. The zero-order chi connectivity index (χ0) is 19.8. The quantitative estimate of drug-likeness (QED) is 0.426. The molecule has 1 aromatic heterocycles. The average Bonchev–Trinajstić information content (AvgIpc) is 3.43. The Morgan fingerprint density at radius 2 is 1.89 bits per heavy atom. The lowest BCUT2D eigenvalue weighted by Gasteiger charge is -2.39. The predicted molar refractivity (Wildman–Crippen MR) is 111 cm³/mol. The molecule has 2 aliphatic rings. The van der Waals surface area contributed by atoms with Crippen LogP contribution in [0.5, 0.6) is 0 Å². The molecule has 1 unspecified atom stereocenters. The number of hydrogen-bond donors (Lipinski definition) is 1. The van der Waals surface area contributed by atoms with Gasteiger partial charge in [0.25, 0.3) is 0 Å². The van der Waals surface area contributed by atoms with Gasteiger partial charge in [-0.1, -0.05) is 0 Å². The first kappa shape index (κ1) is 20.6. The molecule has 3 rings (SSSR count). The minimum absolute atomic E-state index is 0.0196. The second-order valence-corrected chi connectivity index (χ2v) is 7.59. The number of nitrogens with one attached hydrogen (secondary N) is 1. The molecule has 1 amide bonds. The van der Waals surface area contributed by atoms with Crippen molar-refractivity contribution in [2.75, 3.05) is 52.4 Å². The second-order valence-electron chi connectivity index (χ2n) is 7.59. The molecule has 8 heteroatoms. The van der Waals surface area contributed by atoms with Crippen molar-refractivity contribution in [3.05, 3.63) is 18.5 Å². The largest absolute Gasteiger partial charge is 0.357 e. The molecule has 2 fully saturated rings. The van der Waals surface area contributed by atoms with Gasteiger partial charge in [0.1, 0.15) is 0 Å². The van der Waals surface area contributed by atoms with E-state index in [1.807, 2.05) is 28.0 Å². The average molecular weight is 390 g/mol. The molecule has 2 saturated heterocycles. The number of nitrogens with zero attached hydrogens (tertiary/aromatic N) is 6. The number of carbonyl (C=O) groups is 1. The molecule has 0 aliphatic carbocycles. The van der Waals surface area contributed by atoms with Crippen molar-refractivity contribution < 1.29 is 4.79 Å². The Morgan fingerprint density at radius 1 is 1.14 bits per heavy atom. The van der Waals surface area contributed by atoms with Crippen LogP contribution >= 0.6 is 0 Å². The van der Waals surface area contributed by atoms with E-state index in [2.05, 4.69) is 34.1 Å². The Labute approximate surface area is 168 Å². The normalized spacial score (nSPS) is 19.9. The lowest BCUT2D eigenvalue weighted by molar-refractivity contribution is -0.135. The van der Waals surface area contributed by atoms with Crippen molar-refractivity contribution in [2.24, 2.45) is 4.99 Å². The van der Waals surface area contributed by atoms with E-state index in [1.165, 1.54) is 0 Å². The number of carbonyl (C=O) groups excluding carboxylic acids is 1. The molecule has 156 valence electrons. The molecular weight excluding hydrogens is 354 g/mol. The van der Waals surface area contributed by atoms with Gasteiger partial charge in [0.05, 0.1) is 6.04 Å². The zero-order valence-electron chi connectivity index (χ0n) is 17.4. The summed E-state index contributed by atoms with van der Waals surface area (Å²) >= 11 is 0. The van der Waals surface area contributed by atoms with Crippen LogP contribution in [0.4, 0.5) is 0 Å². The van der Waals surface area contributed by atoms with Gasteiger partial charge < -0.3 is 15.1 Å². The van der Waals surface area contributed by atoms with Gasteiger partial charge >= 0.3 is 0 Å². The highest BCUT2D eigenvalue weighted by molar-refractivity contribution is 5.82. The van der Waals surface area contributed by atoms with Crippen LogP contribution in [0.25, 0.3) is 0 Å². The van der Waals surface area contributed by atoms with Gasteiger partial charge in [-0.2, -0.15) is 5.10 Å². The Morgan fingerprint density at radius 3 is 2.54 bits per heavy atom. The van der Waals surface area contributed by atoms with Gasteiger partial charge in [-0.15, -0.1) is 0 Å². The molecule has 28 heavy (non-hydrogen) atoms. The smallest absolute Gasteiger partial charge is 0.239 e. The molecular formula is C20H35N7O. The molecule has 0 spiro atoms. The lowest BCUT2D eigenvalue weighted by atomic mass is 10.2. The molecule has 1 atom stereocenters. The van der Waals surface area contributed by atoms with Crippen LogP contribution in [0.15, 0.2) is 23.5 Å². The topological polar surface area (TPSA) is 69.0 Å². The maximum Gasteiger partial charge on any atom is 0.239 e. The SMILES string of the molecule is CCNC(=NCCCn1cccn1)N1CCN(C(C)C(=O)N2CCCC2)CC1. The zero-order valence-corrected chi connectivity index (χ0v) is 17.4. The van der Waals surface area contributed by atoms with Crippen molar-refractivity contribution in [3.8, 4) is 0 Å². The van der Waals surface area contributed by atoms with E-state index in [-0.39, 0.29) is 6.04 Å². The van der Waals surface area contributed by atoms with Gasteiger partial charge in [-0.05, 0) is 39.2 Å². The van der Waals surface area contributed by atoms with E-state index in [1.54, 1.807) is 0 Å². The van der Waals surface area contributed by atoms with E-state index in [9.17, 15) is 4.79 Å². The fourth-order valence-electron chi connectivity index (χ4n) is 3.96. The van der Waals surface area contributed by atoms with Crippen LogP contribution in [0.1, 0.15) is 33.1 Å². The van der Waals surface area contributed by atoms with Crippen molar-refractivity contribution >= 4 is 11.9 Å². The number of rotatable bonds is 7. The number of guanidine groups is 1. The predicted octanol–water partition coefficient (Wildman–Crippen LogP) is 0.867. The summed E-state index contributed by atoms with van der Waals surface area (Å²) in [6, 6.07) is 1.93. The Bertz CT molecular complexity index is 617. The van der Waals surface area contributed by atoms with Crippen LogP contribution < -0.4 is 5.32 Å². The van der Waals surface area contributed by atoms with Gasteiger partial charge in [0.15, 0.2) is 5.96 Å². The first-order chi connectivity index (χ1) is 13.7. The highest BCUT2D eigenvalue weighted by atomic mass is 16.2. The molecule has 3 heterocycles. The Kier molecular flexibility index (Phi) is 7.71. The van der Waals surface area contributed by atoms with Crippen molar-refractivity contribution in [3.63, 3.8) is 0 Å². The molecule has 0 radical (unpaired) electrons. The van der Waals surface area contributed by atoms with Crippen LogP contribution in [0, 0.1) is 0 Å². The molecule has 8 nitrogen and oxygen atoms in total. The highest BCUT2D eigenvalue weighted by Crippen LogP contribution is 2.14. The molecule has 1 N–H and O–H groups in total. The third-order valence-corrected chi connectivity index (χ3v) is 5.64. The van der Waals surface area contributed by atoms with Gasteiger partial charge in [0, 0.05) is 71.3 Å². The van der Waals surface area contributed by atoms with Crippen molar-refractivity contribution in [1.29, 1.82) is 0 Å². The summed E-state index contributed by atoms with van der Waals surface area (Å²) in [5.74, 6) is 1.28. The van der Waals surface area contributed by atoms with Crippen LogP contribution in [0.3, 0.4) is 0 Å². The molecule has 0 aromatic carbocycles. The summed E-state index contributed by atoms with van der Waals surface area (Å²) < 4.78 is 1.94. The maximum atomic E-state index is 12.7. The second kappa shape index (κ2) is 10.5. The van der Waals surface area contributed by atoms with Crippen molar-refractivity contribution in [1.82, 2.24) is 29.8 Å². The number of amides is 1. The summed E-state index contributed by atoms with van der Waals surface area (Å²) in [6.07, 6.45) is 7.06. The van der Waals surface area contributed by atoms with E-state index in [0.717, 1.165) is 84.1 Å². The first-order valence-corrected chi connectivity index (χ1v) is 10.7. The van der Waals surface area contributed by atoms with Crippen LogP contribution in [-0.2, 0) is 11.3 Å². The summed E-state index contributed by atoms with van der Waals surface area (Å²) in [5.41, 5.74) is 0. The van der Waals surface area contributed by atoms with Gasteiger partial charge in [0.2, 0.25) is 5.91 Å². The standard InChI is InChI=1S/C20H35N7O/c1-3-21-20(22-8-6-12-27-13-7-9-23-27)26-16-14-24(15-17-26)18(2)19(28)25-10-4-5-11-25/h7,9,13,18H,3-6,8,10-12,14-17H2,1-2H3,(H,21,22). The van der Waals surface area contributed by atoms with Crippen LogP contribution in [0.2, 0.25) is 0 Å². The summed E-state index contributed by atoms with van der Waals surface area (Å²) in [7, 11) is 0. The number of aryl methyl sites for hydroxylation is 1. The van der Waals surface area contributed by atoms with Gasteiger partial charge in [-0.25, -0.2) is 0 Å². The van der Waals surface area contributed by atoms with E-state index >= 15 is 0 Å². The third-order valence-electron chi connectivity index (χ3n) is 5.64. The summed E-state index contributed by atoms with van der Waals surface area (Å²) in [6.45, 7) is 12.2. The number of hydrogen-bond acceptors (Lipinski definition) is 4. The number of aliphatic imine (C=N–C) groups is 1. The molecule has 0 bridgehead atoms. The molecule has 0 saturated carbocycles. The van der Waals surface area contributed by atoms with E-state index in [0.29, 0.717) is 5.91 Å². The molecule has 1 aromatic rings. The van der Waals surface area contributed by atoms with E-state index < -0.39 is 0 Å². The van der Waals surface area contributed by atoms with Crippen molar-refractivity contribution in [2.45, 2.75) is 45.7 Å². The summed E-state index contributed by atoms with van der Waals surface area (Å²) in [4.78, 5) is 24.1. The fraction of sp³-hybridized carbons (Fsp3) is 0.750. The minimum atomic E-state index is -0.0196. The van der Waals surface area contributed by atoms with Gasteiger partial charge in [-0.3, -0.25) is 19.4 Å². The first-order valence-electron chi connectivity index (χ1n) is 10.7. The minimum Gasteiger partial charge on any atom is -0.357 e. The van der Waals surface area contributed by atoms with E-state index in [4.69, 9.17) is 4.99 Å². The lowest BCUT2D eigenvalue weighted by Crippen LogP contribution is -2.57. The molecule has 2 aliphatic heterocycles. The fourth-order valence-corrected chi connectivity index (χ4v) is 3.96. The number of likely N-dealkylation sites (tertiary alicyclic amines) is 1. The highest BCUT2D eigenvalue weighted by Gasteiger charge is 2.30. The third kappa shape index (κ3) is 5.47. The summed E-state index contributed by atoms with van der Waals surface area (Å²) in [5, 5.41) is 7.65. The Balaban J connectivity index is 1.46. The number of piperazine rings is 1. The van der Waals surface area contributed by atoms with Crippen LogP contribution in [-0.4, -0.2) is 94.7 Å².